The fourth-order valence-electron chi connectivity index (χ4n) is 1.69. The Kier molecular flexibility index (Phi) is 4.55. The Balaban J connectivity index is 2.75. The third-order valence-electron chi connectivity index (χ3n) is 2.61. The minimum absolute atomic E-state index is 0.0278. The molecule has 1 heterocycles. The van der Waals surface area contributed by atoms with Crippen molar-refractivity contribution in [3.8, 4) is 0 Å². The van der Waals surface area contributed by atoms with Crippen LogP contribution < -0.4 is 0 Å². The molecule has 0 aliphatic heterocycles. The summed E-state index contributed by atoms with van der Waals surface area (Å²) in [6, 6.07) is 1.62. The molecule has 0 amide bonds. The van der Waals surface area contributed by atoms with E-state index in [0.717, 1.165) is 31.6 Å². The van der Waals surface area contributed by atoms with E-state index in [9.17, 15) is 4.79 Å². The Hall–Kier alpha value is -1.29. The van der Waals surface area contributed by atoms with Crippen LogP contribution in [0.2, 0.25) is 0 Å². The van der Waals surface area contributed by atoms with E-state index in [1.165, 1.54) is 0 Å². The van der Waals surface area contributed by atoms with Crippen LogP contribution in [0.3, 0.4) is 0 Å². The van der Waals surface area contributed by atoms with Gasteiger partial charge in [-0.1, -0.05) is 13.8 Å². The van der Waals surface area contributed by atoms with Gasteiger partial charge in [0.1, 0.15) is 5.76 Å². The van der Waals surface area contributed by atoms with Crippen LogP contribution in [0.25, 0.3) is 0 Å². The largest absolute Gasteiger partial charge is 0.475 e. The van der Waals surface area contributed by atoms with Gasteiger partial charge < -0.3 is 9.52 Å². The van der Waals surface area contributed by atoms with E-state index in [2.05, 4.69) is 18.7 Å². The molecule has 0 saturated heterocycles. The number of furan rings is 1. The molecule has 4 nitrogen and oxygen atoms in total. The molecule has 0 spiro atoms. The van der Waals surface area contributed by atoms with E-state index in [1.807, 2.05) is 6.92 Å². The number of carboxylic acid groups (broad SMARTS) is 1. The van der Waals surface area contributed by atoms with Gasteiger partial charge in [-0.25, -0.2) is 4.79 Å². The molecule has 0 bridgehead atoms. The van der Waals surface area contributed by atoms with Crippen LogP contribution >= 0.6 is 0 Å². The fraction of sp³-hybridized carbons (Fsp3) is 0.583. The van der Waals surface area contributed by atoms with Gasteiger partial charge in [0.15, 0.2) is 0 Å². The number of hydrogen-bond donors (Lipinski definition) is 1. The van der Waals surface area contributed by atoms with Crippen LogP contribution in [0.1, 0.15) is 42.1 Å². The first-order valence-electron chi connectivity index (χ1n) is 5.63. The van der Waals surface area contributed by atoms with Crippen molar-refractivity contribution in [3.63, 3.8) is 0 Å². The monoisotopic (exact) mass is 225 g/mol. The second kappa shape index (κ2) is 5.70. The van der Waals surface area contributed by atoms with Crippen molar-refractivity contribution in [2.24, 2.45) is 0 Å². The molecule has 0 fully saturated rings. The highest BCUT2D eigenvalue weighted by atomic mass is 16.4. The first-order chi connectivity index (χ1) is 7.58. The number of hydrogen-bond acceptors (Lipinski definition) is 3. The van der Waals surface area contributed by atoms with E-state index in [1.54, 1.807) is 6.07 Å². The Labute approximate surface area is 95.9 Å². The molecular weight excluding hydrogens is 206 g/mol. The number of aromatic carboxylic acids is 1. The van der Waals surface area contributed by atoms with Gasteiger partial charge in [0.2, 0.25) is 5.76 Å². The molecule has 0 aromatic carbocycles. The first-order valence-corrected chi connectivity index (χ1v) is 5.63. The summed E-state index contributed by atoms with van der Waals surface area (Å²) in [7, 11) is 0. The minimum atomic E-state index is -1.01. The molecule has 1 rings (SSSR count). The molecule has 1 aromatic heterocycles. The summed E-state index contributed by atoms with van der Waals surface area (Å²) >= 11 is 0. The highest BCUT2D eigenvalue weighted by Gasteiger charge is 2.14. The van der Waals surface area contributed by atoms with Crippen molar-refractivity contribution < 1.29 is 14.3 Å². The minimum Gasteiger partial charge on any atom is -0.475 e. The quantitative estimate of drug-likeness (QED) is 0.808. The van der Waals surface area contributed by atoms with Crippen LogP contribution in [0.15, 0.2) is 10.5 Å². The topological polar surface area (TPSA) is 53.7 Å². The highest BCUT2D eigenvalue weighted by Crippen LogP contribution is 2.16. The van der Waals surface area contributed by atoms with Crippen LogP contribution in [0.4, 0.5) is 0 Å². The van der Waals surface area contributed by atoms with Crippen molar-refractivity contribution in [3.05, 3.63) is 23.2 Å². The van der Waals surface area contributed by atoms with Crippen molar-refractivity contribution in [2.45, 2.75) is 33.7 Å². The van der Waals surface area contributed by atoms with Crippen molar-refractivity contribution >= 4 is 5.97 Å². The molecule has 16 heavy (non-hydrogen) atoms. The van der Waals surface area contributed by atoms with E-state index in [-0.39, 0.29) is 5.76 Å². The Morgan fingerprint density at radius 2 is 2.19 bits per heavy atom. The highest BCUT2D eigenvalue weighted by molar-refractivity contribution is 5.84. The van der Waals surface area contributed by atoms with Crippen LogP contribution in [-0.2, 0) is 6.54 Å². The standard InChI is InChI=1S/C12H19NO3/c1-4-6-13(5-2)8-10-7-11(12(14)15)16-9(10)3/h7H,4-6,8H2,1-3H3,(H,14,15). The molecule has 90 valence electrons. The van der Waals surface area contributed by atoms with Crippen molar-refractivity contribution in [1.82, 2.24) is 4.90 Å². The third kappa shape index (κ3) is 3.10. The summed E-state index contributed by atoms with van der Waals surface area (Å²) in [6.45, 7) is 8.77. The zero-order chi connectivity index (χ0) is 12.1. The number of carbonyl (C=O) groups is 1. The van der Waals surface area contributed by atoms with Crippen LogP contribution in [0, 0.1) is 6.92 Å². The molecule has 1 aromatic rings. The average Bonchev–Trinajstić information content (AvgIpc) is 2.60. The predicted octanol–water partition coefficient (Wildman–Crippen LogP) is 2.52. The first kappa shape index (κ1) is 12.8. The third-order valence-corrected chi connectivity index (χ3v) is 2.61. The molecular formula is C12H19NO3. The lowest BCUT2D eigenvalue weighted by molar-refractivity contribution is 0.0661. The van der Waals surface area contributed by atoms with Gasteiger partial charge in [-0.3, -0.25) is 4.90 Å². The van der Waals surface area contributed by atoms with Gasteiger partial charge in [0, 0.05) is 12.1 Å². The van der Waals surface area contributed by atoms with Gasteiger partial charge in [-0.15, -0.1) is 0 Å². The normalized spacial score (nSPS) is 11.0. The number of aryl methyl sites for hydroxylation is 1. The van der Waals surface area contributed by atoms with E-state index in [4.69, 9.17) is 9.52 Å². The average molecular weight is 225 g/mol. The summed E-state index contributed by atoms with van der Waals surface area (Å²) in [5, 5.41) is 8.81. The number of rotatable bonds is 6. The van der Waals surface area contributed by atoms with E-state index < -0.39 is 5.97 Å². The Bertz CT molecular complexity index is 357. The second-order valence-corrected chi connectivity index (χ2v) is 3.87. The van der Waals surface area contributed by atoms with Crippen LogP contribution in [-0.4, -0.2) is 29.1 Å². The number of carboxylic acids is 1. The predicted molar refractivity (Wildman–Crippen MR) is 61.6 cm³/mol. The Morgan fingerprint density at radius 1 is 1.50 bits per heavy atom. The molecule has 0 radical (unpaired) electrons. The maximum atomic E-state index is 10.7. The maximum absolute atomic E-state index is 10.7. The summed E-state index contributed by atoms with van der Waals surface area (Å²) in [4.78, 5) is 13.0. The van der Waals surface area contributed by atoms with Gasteiger partial charge in [-0.05, 0) is 32.5 Å². The SMILES string of the molecule is CCCN(CC)Cc1cc(C(=O)O)oc1C. The van der Waals surface area contributed by atoms with Gasteiger partial charge in [0.05, 0.1) is 0 Å². The summed E-state index contributed by atoms with van der Waals surface area (Å²) < 4.78 is 5.17. The van der Waals surface area contributed by atoms with Gasteiger partial charge in [0.25, 0.3) is 0 Å². The molecule has 1 N–H and O–H groups in total. The molecule has 0 saturated carbocycles. The second-order valence-electron chi connectivity index (χ2n) is 3.87. The van der Waals surface area contributed by atoms with Crippen LogP contribution in [0.5, 0.6) is 0 Å². The molecule has 0 atom stereocenters. The lowest BCUT2D eigenvalue weighted by atomic mass is 10.2. The fourth-order valence-corrected chi connectivity index (χ4v) is 1.69. The smallest absolute Gasteiger partial charge is 0.371 e. The summed E-state index contributed by atoms with van der Waals surface area (Å²) in [5.41, 5.74) is 0.965. The van der Waals surface area contributed by atoms with E-state index >= 15 is 0 Å². The molecule has 0 unspecified atom stereocenters. The Morgan fingerprint density at radius 3 is 2.62 bits per heavy atom. The lowest BCUT2D eigenvalue weighted by Gasteiger charge is -2.18. The zero-order valence-corrected chi connectivity index (χ0v) is 10.1. The van der Waals surface area contributed by atoms with E-state index in [0.29, 0.717) is 5.76 Å². The molecule has 0 aliphatic rings. The van der Waals surface area contributed by atoms with Crippen molar-refractivity contribution in [2.75, 3.05) is 13.1 Å². The zero-order valence-electron chi connectivity index (χ0n) is 10.1. The lowest BCUT2D eigenvalue weighted by Crippen LogP contribution is -2.23. The molecule has 0 aliphatic carbocycles. The molecule has 4 heteroatoms. The summed E-state index contributed by atoms with van der Waals surface area (Å²) in [5.74, 6) is -0.278. The van der Waals surface area contributed by atoms with Gasteiger partial charge >= 0.3 is 5.97 Å². The van der Waals surface area contributed by atoms with Gasteiger partial charge in [-0.2, -0.15) is 0 Å². The maximum Gasteiger partial charge on any atom is 0.371 e. The number of nitrogens with zero attached hydrogens (tertiary/aromatic N) is 1. The van der Waals surface area contributed by atoms with Crippen molar-refractivity contribution in [1.29, 1.82) is 0 Å². The summed E-state index contributed by atoms with van der Waals surface area (Å²) in [6.07, 6.45) is 1.09.